The number of aldehydes is 1. The van der Waals surface area contributed by atoms with Crippen LogP contribution in [0.5, 0.6) is 0 Å². The number of carbonyl (C=O) groups excluding carboxylic acids is 3. The van der Waals surface area contributed by atoms with Gasteiger partial charge in [-0.1, -0.05) is 97.1 Å². The number of rotatable bonds is 12. The molecule has 4 aromatic rings. The summed E-state index contributed by atoms with van der Waals surface area (Å²) in [5.41, 5.74) is 3.57. The molecule has 6 nitrogen and oxygen atoms in total. The van der Waals surface area contributed by atoms with Gasteiger partial charge in [0, 0.05) is 12.3 Å². The van der Waals surface area contributed by atoms with Gasteiger partial charge in [0.2, 0.25) is 0 Å². The lowest BCUT2D eigenvalue weighted by atomic mass is 10.0. The Morgan fingerprint density at radius 3 is 1.38 bits per heavy atom. The normalized spacial score (nSPS) is 11.7. The molecule has 0 bridgehead atoms. The predicted octanol–water partition coefficient (Wildman–Crippen LogP) is 5.74. The Hall–Kier alpha value is -4.55. The number of esters is 2. The van der Waals surface area contributed by atoms with E-state index in [0.717, 1.165) is 12.8 Å². The fraction of sp³-hybridized carbons (Fsp3) is 0.206. The number of aliphatic hydroxyl groups excluding tert-OH is 1. The fourth-order valence-corrected chi connectivity index (χ4v) is 3.83. The van der Waals surface area contributed by atoms with Crippen LogP contribution in [0.1, 0.15) is 38.3 Å². The number of aliphatic hydroxyl groups is 1. The molecular formula is C34H34O6. The zero-order valence-corrected chi connectivity index (χ0v) is 22.3. The first-order chi connectivity index (χ1) is 19.6. The largest absolute Gasteiger partial charge is 0.462 e. The maximum Gasteiger partial charge on any atom is 0.338 e. The van der Waals surface area contributed by atoms with Crippen molar-refractivity contribution in [2.75, 3.05) is 13.2 Å². The molecule has 4 aromatic carbocycles. The monoisotopic (exact) mass is 538 g/mol. The molecule has 0 spiro atoms. The summed E-state index contributed by atoms with van der Waals surface area (Å²) in [6.45, 7) is -0.453. The van der Waals surface area contributed by atoms with E-state index in [0.29, 0.717) is 17.4 Å². The lowest BCUT2D eigenvalue weighted by Crippen LogP contribution is -2.31. The molecule has 0 amide bonds. The van der Waals surface area contributed by atoms with E-state index in [1.54, 1.807) is 60.7 Å². The van der Waals surface area contributed by atoms with E-state index in [1.807, 2.05) is 0 Å². The average molecular weight is 539 g/mol. The molecule has 0 heterocycles. The summed E-state index contributed by atoms with van der Waals surface area (Å²) < 4.78 is 10.2. The molecule has 0 aliphatic rings. The van der Waals surface area contributed by atoms with Crippen LogP contribution in [0.25, 0.3) is 0 Å². The first-order valence-corrected chi connectivity index (χ1v) is 13.2. The Kier molecular flexibility index (Phi) is 12.8. The lowest BCUT2D eigenvalue weighted by molar-refractivity contribution is -0.110. The van der Waals surface area contributed by atoms with Crippen molar-refractivity contribution in [1.82, 2.24) is 0 Å². The van der Waals surface area contributed by atoms with E-state index < -0.39 is 24.0 Å². The molecule has 0 radical (unpaired) electrons. The number of carbonyl (C=O) groups is 3. The van der Waals surface area contributed by atoms with Gasteiger partial charge in [0.25, 0.3) is 0 Å². The van der Waals surface area contributed by atoms with Crippen molar-refractivity contribution >= 4 is 18.2 Å². The third-order valence-corrected chi connectivity index (χ3v) is 6.16. The number of hydrogen-bond acceptors (Lipinski definition) is 6. The van der Waals surface area contributed by atoms with Gasteiger partial charge in [-0.15, -0.1) is 0 Å². The average Bonchev–Trinajstić information content (AvgIpc) is 3.02. The van der Waals surface area contributed by atoms with Gasteiger partial charge in [-0.3, -0.25) is 0 Å². The minimum atomic E-state index is -1.13. The summed E-state index contributed by atoms with van der Waals surface area (Å²) >= 11 is 0. The molecule has 6 heteroatoms. The van der Waals surface area contributed by atoms with Crippen LogP contribution in [-0.4, -0.2) is 42.6 Å². The van der Waals surface area contributed by atoms with Crippen LogP contribution >= 0.6 is 0 Å². The zero-order valence-electron chi connectivity index (χ0n) is 22.3. The highest BCUT2D eigenvalue weighted by molar-refractivity contribution is 5.89. The molecule has 4 rings (SSSR count). The van der Waals surface area contributed by atoms with Crippen molar-refractivity contribution in [1.29, 1.82) is 0 Å². The van der Waals surface area contributed by atoms with Gasteiger partial charge >= 0.3 is 11.9 Å². The van der Waals surface area contributed by atoms with Crippen LogP contribution in [0, 0.1) is 5.92 Å². The van der Waals surface area contributed by atoms with Gasteiger partial charge in [0.15, 0.2) is 0 Å². The van der Waals surface area contributed by atoms with E-state index in [1.165, 1.54) is 11.1 Å². The Labute approximate surface area is 235 Å². The first kappa shape index (κ1) is 30.0. The van der Waals surface area contributed by atoms with Crippen LogP contribution < -0.4 is 0 Å². The van der Waals surface area contributed by atoms with E-state index in [-0.39, 0.29) is 19.6 Å². The number of benzene rings is 4. The molecular weight excluding hydrogens is 504 g/mol. The first-order valence-electron chi connectivity index (χ1n) is 13.2. The van der Waals surface area contributed by atoms with Gasteiger partial charge in [0.05, 0.1) is 23.8 Å². The van der Waals surface area contributed by atoms with Crippen molar-refractivity contribution in [2.45, 2.75) is 25.4 Å². The topological polar surface area (TPSA) is 89.9 Å². The Bertz CT molecular complexity index is 1240. The predicted molar refractivity (Wildman–Crippen MR) is 154 cm³/mol. The standard InChI is InChI=1S/C20H20O6.C14H14/c21-12-11-17(13-25-19(23)15-7-3-1-4-8-15)18(22)14-26-20(24)16-9-5-2-6-10-16;1-3-7-13(8-4-1)11-12-14-9-5-2-6-10-14/h1-10,12,17-18,22H,11,13-14H2;1-10H,11-12H2/t17-,18+;/m1./s1. The highest BCUT2D eigenvalue weighted by Crippen LogP contribution is 2.13. The van der Waals surface area contributed by atoms with Gasteiger partial charge in [-0.2, -0.15) is 0 Å². The Morgan fingerprint density at radius 2 is 0.975 bits per heavy atom. The molecule has 0 saturated carbocycles. The van der Waals surface area contributed by atoms with Gasteiger partial charge in [-0.25, -0.2) is 9.59 Å². The third kappa shape index (κ3) is 10.7. The maximum absolute atomic E-state index is 11.9. The van der Waals surface area contributed by atoms with Gasteiger partial charge in [0.1, 0.15) is 12.9 Å². The van der Waals surface area contributed by atoms with Crippen LogP contribution in [0.4, 0.5) is 0 Å². The lowest BCUT2D eigenvalue weighted by Gasteiger charge is -2.20. The van der Waals surface area contributed by atoms with E-state index in [9.17, 15) is 19.5 Å². The summed E-state index contributed by atoms with van der Waals surface area (Å²) in [4.78, 5) is 34.7. The second-order valence-corrected chi connectivity index (χ2v) is 9.13. The third-order valence-electron chi connectivity index (χ3n) is 6.16. The van der Waals surface area contributed by atoms with Crippen molar-refractivity contribution in [3.63, 3.8) is 0 Å². The van der Waals surface area contributed by atoms with Crippen molar-refractivity contribution in [3.8, 4) is 0 Å². The minimum Gasteiger partial charge on any atom is -0.462 e. The minimum absolute atomic E-state index is 0.0217. The van der Waals surface area contributed by atoms with Crippen LogP contribution in [0.3, 0.4) is 0 Å². The second-order valence-electron chi connectivity index (χ2n) is 9.13. The Balaban J connectivity index is 0.000000263. The Morgan fingerprint density at radius 1 is 0.600 bits per heavy atom. The summed E-state index contributed by atoms with van der Waals surface area (Å²) in [6.07, 6.45) is 1.74. The summed E-state index contributed by atoms with van der Waals surface area (Å²) in [5, 5.41) is 10.2. The maximum atomic E-state index is 11.9. The smallest absolute Gasteiger partial charge is 0.338 e. The highest BCUT2D eigenvalue weighted by atomic mass is 16.5. The molecule has 1 N–H and O–H groups in total. The molecule has 0 aliphatic heterocycles. The van der Waals surface area contributed by atoms with E-state index >= 15 is 0 Å². The molecule has 0 aliphatic carbocycles. The fourth-order valence-electron chi connectivity index (χ4n) is 3.83. The number of ether oxygens (including phenoxy) is 2. The molecule has 0 saturated heterocycles. The second kappa shape index (κ2) is 17.1. The number of aryl methyl sites for hydroxylation is 2. The van der Waals surface area contributed by atoms with Crippen LogP contribution in [0.2, 0.25) is 0 Å². The highest BCUT2D eigenvalue weighted by Gasteiger charge is 2.23. The van der Waals surface area contributed by atoms with Crippen molar-refractivity contribution < 1.29 is 29.0 Å². The van der Waals surface area contributed by atoms with Crippen molar-refractivity contribution in [3.05, 3.63) is 144 Å². The van der Waals surface area contributed by atoms with Crippen LogP contribution in [0.15, 0.2) is 121 Å². The summed E-state index contributed by atoms with van der Waals surface area (Å²) in [5.74, 6) is -1.78. The molecule has 0 fully saturated rings. The quantitative estimate of drug-likeness (QED) is 0.183. The van der Waals surface area contributed by atoms with Gasteiger partial charge < -0.3 is 19.4 Å². The molecule has 0 aromatic heterocycles. The number of hydrogen-bond donors (Lipinski definition) is 1. The zero-order chi connectivity index (χ0) is 28.4. The SMILES string of the molecule is O=CC[C@H](COC(=O)c1ccccc1)[C@@H](O)COC(=O)c1ccccc1.c1ccc(CCc2ccccc2)cc1. The molecule has 2 atom stereocenters. The van der Waals surface area contributed by atoms with Crippen LogP contribution in [-0.2, 0) is 27.1 Å². The van der Waals surface area contributed by atoms with Gasteiger partial charge in [-0.05, 0) is 48.2 Å². The molecule has 0 unspecified atom stereocenters. The molecule has 206 valence electrons. The summed E-state index contributed by atoms with van der Waals surface area (Å²) in [6, 6.07) is 38.0. The van der Waals surface area contributed by atoms with E-state index in [4.69, 9.17) is 9.47 Å². The summed E-state index contributed by atoms with van der Waals surface area (Å²) in [7, 11) is 0. The van der Waals surface area contributed by atoms with E-state index in [2.05, 4.69) is 60.7 Å². The van der Waals surface area contributed by atoms with Crippen molar-refractivity contribution in [2.24, 2.45) is 5.92 Å². The molecule has 40 heavy (non-hydrogen) atoms.